The van der Waals surface area contributed by atoms with E-state index in [1.165, 1.54) is 6.08 Å². The molecule has 3 aromatic rings. The Balaban J connectivity index is 1.47. The van der Waals surface area contributed by atoms with Crippen molar-refractivity contribution in [2.75, 3.05) is 0 Å². The summed E-state index contributed by atoms with van der Waals surface area (Å²) in [4.78, 5) is 16.9. The molecule has 9 heteroatoms. The number of hydrogen-bond donors (Lipinski definition) is 2. The van der Waals surface area contributed by atoms with Crippen LogP contribution in [0.5, 0.6) is 0 Å². The first-order valence-corrected chi connectivity index (χ1v) is 10.6. The second kappa shape index (κ2) is 8.20. The standard InChI is InChI=1S/C24H18ClF3N4O/c25-18-9-7-16(8-10-18)21-22(24(26,27)28)31-32-20(33)12-19(30-23(21)32)15-5-3-14(4-6-15)17-2-1-11-29-13-17/h1-13,21-23,30-31H. The fraction of sp³-hybridized carbons (Fsp3) is 0.167. The number of benzene rings is 2. The van der Waals surface area contributed by atoms with Crippen LogP contribution >= 0.6 is 11.6 Å². The fourth-order valence-electron chi connectivity index (χ4n) is 4.28. The number of pyridine rings is 1. The van der Waals surface area contributed by atoms with Gasteiger partial charge < -0.3 is 5.32 Å². The summed E-state index contributed by atoms with van der Waals surface area (Å²) in [5.74, 6) is -1.61. The van der Waals surface area contributed by atoms with Gasteiger partial charge in [-0.3, -0.25) is 14.8 Å². The lowest BCUT2D eigenvalue weighted by Crippen LogP contribution is -2.53. The molecule has 5 rings (SSSR count). The SMILES string of the molecule is O=C1C=C(c2ccc(-c3cccnc3)cc2)NC2C(c3ccc(Cl)cc3)C(C(F)(F)F)NN12. The van der Waals surface area contributed by atoms with E-state index in [9.17, 15) is 18.0 Å². The lowest BCUT2D eigenvalue weighted by atomic mass is 9.89. The van der Waals surface area contributed by atoms with Crippen molar-refractivity contribution in [2.45, 2.75) is 24.3 Å². The van der Waals surface area contributed by atoms with Crippen LogP contribution in [0.4, 0.5) is 13.2 Å². The average molecular weight is 471 g/mol. The van der Waals surface area contributed by atoms with Crippen molar-refractivity contribution in [3.63, 3.8) is 0 Å². The largest absolute Gasteiger partial charge is 0.406 e. The number of halogens is 4. The summed E-state index contributed by atoms with van der Waals surface area (Å²) in [6, 6.07) is 15.5. The fourth-order valence-corrected chi connectivity index (χ4v) is 4.41. The highest BCUT2D eigenvalue weighted by atomic mass is 35.5. The molecule has 2 aliphatic rings. The van der Waals surface area contributed by atoms with Crippen molar-refractivity contribution < 1.29 is 18.0 Å². The molecule has 2 aliphatic heterocycles. The second-order valence-corrected chi connectivity index (χ2v) is 8.34. The third kappa shape index (κ3) is 4.07. The number of rotatable bonds is 3. The summed E-state index contributed by atoms with van der Waals surface area (Å²) in [6.07, 6.45) is -0.752. The Kier molecular flexibility index (Phi) is 5.34. The zero-order valence-electron chi connectivity index (χ0n) is 17.1. The predicted molar refractivity (Wildman–Crippen MR) is 119 cm³/mol. The summed E-state index contributed by atoms with van der Waals surface area (Å²) in [5.41, 5.74) is 5.82. The highest BCUT2D eigenvalue weighted by molar-refractivity contribution is 6.30. The molecule has 0 spiro atoms. The average Bonchev–Trinajstić information content (AvgIpc) is 3.21. The molecule has 0 bridgehead atoms. The van der Waals surface area contributed by atoms with E-state index in [4.69, 9.17) is 11.6 Å². The Labute approximate surface area is 192 Å². The Hall–Kier alpha value is -3.36. The van der Waals surface area contributed by atoms with E-state index in [1.54, 1.807) is 36.7 Å². The van der Waals surface area contributed by atoms with Gasteiger partial charge in [0.2, 0.25) is 0 Å². The van der Waals surface area contributed by atoms with Crippen molar-refractivity contribution in [3.05, 3.63) is 95.3 Å². The first kappa shape index (κ1) is 21.5. The number of nitrogens with one attached hydrogen (secondary N) is 2. The number of hydrogen-bond acceptors (Lipinski definition) is 4. The van der Waals surface area contributed by atoms with Gasteiger partial charge in [-0.15, -0.1) is 0 Å². The molecule has 3 heterocycles. The first-order valence-electron chi connectivity index (χ1n) is 10.2. The maximum Gasteiger partial charge on any atom is 0.406 e. The molecule has 0 aliphatic carbocycles. The number of amides is 1. The molecule has 0 saturated carbocycles. The number of fused-ring (bicyclic) bond motifs is 1. The minimum absolute atomic E-state index is 0.423. The van der Waals surface area contributed by atoms with Gasteiger partial charge in [-0.2, -0.15) is 13.2 Å². The first-order chi connectivity index (χ1) is 15.8. The molecular formula is C24H18ClF3N4O. The van der Waals surface area contributed by atoms with Gasteiger partial charge in [0, 0.05) is 29.2 Å². The second-order valence-electron chi connectivity index (χ2n) is 7.90. The maximum atomic E-state index is 13.9. The number of aromatic nitrogens is 1. The maximum absolute atomic E-state index is 13.9. The molecule has 3 unspecified atom stereocenters. The van der Waals surface area contributed by atoms with Crippen LogP contribution < -0.4 is 10.7 Å². The van der Waals surface area contributed by atoms with Crippen LogP contribution in [-0.2, 0) is 4.79 Å². The van der Waals surface area contributed by atoms with Crippen molar-refractivity contribution in [1.29, 1.82) is 0 Å². The molecule has 0 radical (unpaired) electrons. The lowest BCUT2D eigenvalue weighted by molar-refractivity contribution is -0.161. The van der Waals surface area contributed by atoms with Gasteiger partial charge >= 0.3 is 6.18 Å². The topological polar surface area (TPSA) is 57.3 Å². The van der Waals surface area contributed by atoms with Crippen molar-refractivity contribution in [1.82, 2.24) is 20.7 Å². The lowest BCUT2D eigenvalue weighted by Gasteiger charge is -2.33. The third-order valence-corrected chi connectivity index (χ3v) is 6.11. The number of hydrazine groups is 1. The zero-order chi connectivity index (χ0) is 23.2. The number of alkyl halides is 3. The number of carbonyl (C=O) groups is 1. The Morgan fingerprint density at radius 2 is 1.64 bits per heavy atom. The van der Waals surface area contributed by atoms with Crippen molar-refractivity contribution in [3.8, 4) is 11.1 Å². The molecule has 2 aromatic carbocycles. The van der Waals surface area contributed by atoms with Gasteiger partial charge in [0.15, 0.2) is 0 Å². The van der Waals surface area contributed by atoms with Crippen molar-refractivity contribution >= 4 is 23.2 Å². The molecule has 1 fully saturated rings. The van der Waals surface area contributed by atoms with Crippen molar-refractivity contribution in [2.24, 2.45) is 0 Å². The molecule has 3 atom stereocenters. The van der Waals surface area contributed by atoms with Gasteiger partial charge in [-0.1, -0.05) is 54.1 Å². The molecular weight excluding hydrogens is 453 g/mol. The molecule has 33 heavy (non-hydrogen) atoms. The molecule has 1 aromatic heterocycles. The minimum Gasteiger partial charge on any atom is -0.363 e. The van der Waals surface area contributed by atoms with Crippen LogP contribution in [0.25, 0.3) is 16.8 Å². The molecule has 168 valence electrons. The predicted octanol–water partition coefficient (Wildman–Crippen LogP) is 4.73. The van der Waals surface area contributed by atoms with E-state index in [-0.39, 0.29) is 0 Å². The smallest absolute Gasteiger partial charge is 0.363 e. The van der Waals surface area contributed by atoms with E-state index < -0.39 is 30.2 Å². The van der Waals surface area contributed by atoms with Crippen LogP contribution in [0.3, 0.4) is 0 Å². The van der Waals surface area contributed by atoms with Crippen LogP contribution in [0.1, 0.15) is 17.0 Å². The van der Waals surface area contributed by atoms with Gasteiger partial charge in [-0.05, 0) is 40.5 Å². The third-order valence-electron chi connectivity index (χ3n) is 5.86. The van der Waals surface area contributed by atoms with E-state index in [2.05, 4.69) is 15.7 Å². The Morgan fingerprint density at radius 1 is 0.939 bits per heavy atom. The number of nitrogens with zero attached hydrogens (tertiary/aromatic N) is 2. The molecule has 1 saturated heterocycles. The number of carbonyl (C=O) groups excluding carboxylic acids is 1. The Morgan fingerprint density at radius 3 is 2.27 bits per heavy atom. The Bertz CT molecular complexity index is 1200. The van der Waals surface area contributed by atoms with Crippen LogP contribution in [0.2, 0.25) is 5.02 Å². The zero-order valence-corrected chi connectivity index (χ0v) is 17.8. The van der Waals surface area contributed by atoms with Crippen LogP contribution in [-0.4, -0.2) is 34.3 Å². The molecule has 5 nitrogen and oxygen atoms in total. The minimum atomic E-state index is -4.56. The quantitative estimate of drug-likeness (QED) is 0.581. The molecule has 2 N–H and O–H groups in total. The van der Waals surface area contributed by atoms with E-state index in [0.29, 0.717) is 21.8 Å². The summed E-state index contributed by atoms with van der Waals surface area (Å²) in [6.45, 7) is 0. The summed E-state index contributed by atoms with van der Waals surface area (Å²) >= 11 is 5.93. The monoisotopic (exact) mass is 470 g/mol. The van der Waals surface area contributed by atoms with Crippen LogP contribution in [0.15, 0.2) is 79.1 Å². The highest BCUT2D eigenvalue weighted by Gasteiger charge is 2.57. The summed E-state index contributed by atoms with van der Waals surface area (Å²) in [7, 11) is 0. The normalized spacial score (nSPS) is 22.5. The van der Waals surface area contributed by atoms with Gasteiger partial charge in [0.05, 0.1) is 5.92 Å². The molecule has 1 amide bonds. The van der Waals surface area contributed by atoms with Crippen LogP contribution in [0, 0.1) is 0 Å². The summed E-state index contributed by atoms with van der Waals surface area (Å²) in [5, 5.41) is 4.59. The van der Waals surface area contributed by atoms with E-state index in [0.717, 1.165) is 16.1 Å². The van der Waals surface area contributed by atoms with Gasteiger partial charge in [0.1, 0.15) is 12.2 Å². The van der Waals surface area contributed by atoms with Gasteiger partial charge in [-0.25, -0.2) is 5.43 Å². The summed E-state index contributed by atoms with van der Waals surface area (Å²) < 4.78 is 41.7. The van der Waals surface area contributed by atoms with E-state index >= 15 is 0 Å². The van der Waals surface area contributed by atoms with E-state index in [1.807, 2.05) is 36.4 Å². The van der Waals surface area contributed by atoms with Gasteiger partial charge in [0.25, 0.3) is 5.91 Å². The highest BCUT2D eigenvalue weighted by Crippen LogP contribution is 2.41.